The lowest BCUT2D eigenvalue weighted by Crippen LogP contribution is -2.27. The Bertz CT molecular complexity index is 162. The predicted octanol–water partition coefficient (Wildman–Crippen LogP) is 0.491. The van der Waals surface area contributed by atoms with Gasteiger partial charge in [-0.05, 0) is 0 Å². The molecule has 0 aromatic heterocycles. The maximum atomic E-state index is 11.4. The number of halogens is 3. The largest absolute Gasteiger partial charge is 0.522 e. The molecular formula is C6H12F3NO2S. The Morgan fingerprint density at radius 3 is 2.46 bits per heavy atom. The Morgan fingerprint density at radius 2 is 2.00 bits per heavy atom. The summed E-state index contributed by atoms with van der Waals surface area (Å²) in [6.07, 6.45) is -3.02. The first-order valence-electron chi connectivity index (χ1n) is 3.63. The highest BCUT2D eigenvalue weighted by Gasteiger charge is 2.28. The van der Waals surface area contributed by atoms with E-state index in [1.165, 1.54) is 6.26 Å². The first-order valence-corrected chi connectivity index (χ1v) is 5.36. The molecule has 80 valence electrons. The van der Waals surface area contributed by atoms with Gasteiger partial charge in [-0.25, -0.2) is 0 Å². The standard InChI is InChI=1S/C6H12F3NO2S/c1-13(11)5-3-10-2-4-12-6(7,8)9/h10H,2-5H2,1H3. The molecule has 0 aliphatic carbocycles. The fourth-order valence-corrected chi connectivity index (χ4v) is 1.01. The highest BCUT2D eigenvalue weighted by molar-refractivity contribution is 7.84. The molecule has 1 atom stereocenters. The van der Waals surface area contributed by atoms with E-state index >= 15 is 0 Å². The van der Waals surface area contributed by atoms with E-state index in [4.69, 9.17) is 0 Å². The van der Waals surface area contributed by atoms with Gasteiger partial charge in [-0.2, -0.15) is 0 Å². The fraction of sp³-hybridized carbons (Fsp3) is 1.00. The second-order valence-electron chi connectivity index (χ2n) is 2.32. The zero-order chi connectivity index (χ0) is 10.3. The molecule has 3 nitrogen and oxygen atoms in total. The zero-order valence-corrected chi connectivity index (χ0v) is 8.00. The van der Waals surface area contributed by atoms with Crippen molar-refractivity contribution in [2.24, 2.45) is 0 Å². The topological polar surface area (TPSA) is 38.3 Å². The third-order valence-electron chi connectivity index (χ3n) is 1.11. The predicted molar refractivity (Wildman–Crippen MR) is 43.8 cm³/mol. The highest BCUT2D eigenvalue weighted by atomic mass is 32.2. The molecule has 0 spiro atoms. The summed E-state index contributed by atoms with van der Waals surface area (Å²) in [4.78, 5) is 0. The van der Waals surface area contributed by atoms with Crippen molar-refractivity contribution in [1.82, 2.24) is 5.32 Å². The van der Waals surface area contributed by atoms with Crippen molar-refractivity contribution in [3.8, 4) is 0 Å². The van der Waals surface area contributed by atoms with Gasteiger partial charge in [-0.15, -0.1) is 13.2 Å². The number of nitrogens with one attached hydrogen (secondary N) is 1. The van der Waals surface area contributed by atoms with Gasteiger partial charge in [0.25, 0.3) is 0 Å². The normalized spacial score (nSPS) is 14.5. The molecule has 0 bridgehead atoms. The summed E-state index contributed by atoms with van der Waals surface area (Å²) < 4.78 is 48.2. The Labute approximate surface area is 77.1 Å². The first kappa shape index (κ1) is 12.9. The number of alkyl halides is 3. The summed E-state index contributed by atoms with van der Waals surface area (Å²) in [5, 5.41) is 2.67. The summed E-state index contributed by atoms with van der Waals surface area (Å²) in [6.45, 7) is 0.126. The molecule has 7 heteroatoms. The summed E-state index contributed by atoms with van der Waals surface area (Å²) >= 11 is 0. The fourth-order valence-electron chi connectivity index (χ4n) is 0.580. The van der Waals surface area contributed by atoms with Crippen molar-refractivity contribution in [3.05, 3.63) is 0 Å². The van der Waals surface area contributed by atoms with E-state index in [0.29, 0.717) is 12.3 Å². The Kier molecular flexibility index (Phi) is 6.27. The van der Waals surface area contributed by atoms with E-state index in [9.17, 15) is 17.4 Å². The van der Waals surface area contributed by atoms with Crippen LogP contribution in [0.5, 0.6) is 0 Å². The molecule has 0 fully saturated rings. The molecule has 13 heavy (non-hydrogen) atoms. The quantitative estimate of drug-likeness (QED) is 0.661. The van der Waals surface area contributed by atoms with Gasteiger partial charge < -0.3 is 5.32 Å². The SMILES string of the molecule is CS(=O)CCNCCOC(F)(F)F. The molecule has 0 aromatic carbocycles. The number of hydrogen-bond donors (Lipinski definition) is 1. The lowest BCUT2D eigenvalue weighted by atomic mass is 10.6. The summed E-state index contributed by atoms with van der Waals surface area (Å²) in [7, 11) is -0.914. The van der Waals surface area contributed by atoms with Gasteiger partial charge in [0.2, 0.25) is 0 Å². The van der Waals surface area contributed by atoms with E-state index < -0.39 is 23.8 Å². The van der Waals surface area contributed by atoms with Crippen LogP contribution in [0.25, 0.3) is 0 Å². The van der Waals surface area contributed by atoms with Crippen LogP contribution in [0.15, 0.2) is 0 Å². The second kappa shape index (κ2) is 6.33. The maximum absolute atomic E-state index is 11.4. The molecule has 0 rings (SSSR count). The van der Waals surface area contributed by atoms with Gasteiger partial charge in [-0.1, -0.05) is 0 Å². The van der Waals surface area contributed by atoms with Crippen molar-refractivity contribution < 1.29 is 22.1 Å². The van der Waals surface area contributed by atoms with Crippen LogP contribution < -0.4 is 5.32 Å². The molecule has 0 aliphatic rings. The number of ether oxygens (including phenoxy) is 1. The minimum Gasteiger partial charge on any atom is -0.314 e. The first-order chi connectivity index (χ1) is 5.92. The van der Waals surface area contributed by atoms with Crippen molar-refractivity contribution in [2.75, 3.05) is 31.7 Å². The van der Waals surface area contributed by atoms with Crippen LogP contribution in [-0.4, -0.2) is 42.3 Å². The van der Waals surface area contributed by atoms with E-state index in [1.807, 2.05) is 0 Å². The maximum Gasteiger partial charge on any atom is 0.522 e. The van der Waals surface area contributed by atoms with E-state index in [2.05, 4.69) is 10.1 Å². The third kappa shape index (κ3) is 11.9. The lowest BCUT2D eigenvalue weighted by Gasteiger charge is -2.07. The molecule has 1 unspecified atom stereocenters. The molecule has 0 heterocycles. The van der Waals surface area contributed by atoms with Gasteiger partial charge in [0.15, 0.2) is 0 Å². The van der Waals surface area contributed by atoms with Crippen LogP contribution in [-0.2, 0) is 15.5 Å². The van der Waals surface area contributed by atoms with Gasteiger partial charge in [0, 0.05) is 35.9 Å². The van der Waals surface area contributed by atoms with Crippen LogP contribution in [0.1, 0.15) is 0 Å². The van der Waals surface area contributed by atoms with Crippen molar-refractivity contribution in [1.29, 1.82) is 0 Å². The Hall–Kier alpha value is -0.140. The van der Waals surface area contributed by atoms with Gasteiger partial charge in [0.1, 0.15) is 0 Å². The van der Waals surface area contributed by atoms with Crippen molar-refractivity contribution >= 4 is 10.8 Å². The average molecular weight is 219 g/mol. The molecule has 0 aromatic rings. The van der Waals surface area contributed by atoms with Gasteiger partial charge in [0.05, 0.1) is 6.61 Å². The second-order valence-corrected chi connectivity index (χ2v) is 3.88. The molecule has 0 radical (unpaired) electrons. The molecule has 0 saturated heterocycles. The van der Waals surface area contributed by atoms with Crippen LogP contribution in [0.4, 0.5) is 13.2 Å². The van der Waals surface area contributed by atoms with E-state index in [0.717, 1.165) is 0 Å². The molecule has 0 aliphatic heterocycles. The van der Waals surface area contributed by atoms with Crippen molar-refractivity contribution in [3.63, 3.8) is 0 Å². The van der Waals surface area contributed by atoms with Crippen LogP contribution in [0, 0.1) is 0 Å². The Balaban J connectivity index is 3.13. The molecular weight excluding hydrogens is 207 g/mol. The minimum absolute atomic E-state index is 0.108. The smallest absolute Gasteiger partial charge is 0.314 e. The lowest BCUT2D eigenvalue weighted by molar-refractivity contribution is -0.323. The summed E-state index contributed by atoms with van der Waals surface area (Å²) in [6, 6.07) is 0. The van der Waals surface area contributed by atoms with Crippen LogP contribution >= 0.6 is 0 Å². The minimum atomic E-state index is -4.56. The van der Waals surface area contributed by atoms with Crippen LogP contribution in [0.2, 0.25) is 0 Å². The summed E-state index contributed by atoms with van der Waals surface area (Å²) in [5.41, 5.74) is 0. The highest BCUT2D eigenvalue weighted by Crippen LogP contribution is 2.14. The van der Waals surface area contributed by atoms with Gasteiger partial charge >= 0.3 is 6.36 Å². The zero-order valence-electron chi connectivity index (χ0n) is 7.19. The number of rotatable bonds is 6. The number of hydrogen-bond acceptors (Lipinski definition) is 3. The molecule has 0 amide bonds. The van der Waals surface area contributed by atoms with Gasteiger partial charge in [-0.3, -0.25) is 8.95 Å². The van der Waals surface area contributed by atoms with Crippen molar-refractivity contribution in [2.45, 2.75) is 6.36 Å². The molecule has 1 N–H and O–H groups in total. The van der Waals surface area contributed by atoms with E-state index in [-0.39, 0.29) is 6.54 Å². The average Bonchev–Trinajstić information content (AvgIpc) is 1.93. The summed E-state index contributed by atoms with van der Waals surface area (Å²) in [5.74, 6) is 0.437. The third-order valence-corrected chi connectivity index (χ3v) is 1.89. The monoisotopic (exact) mass is 219 g/mol. The van der Waals surface area contributed by atoms with E-state index in [1.54, 1.807) is 0 Å². The Morgan fingerprint density at radius 1 is 1.38 bits per heavy atom. The molecule has 0 saturated carbocycles. The van der Waals surface area contributed by atoms with Crippen LogP contribution in [0.3, 0.4) is 0 Å².